The highest BCUT2D eigenvalue weighted by molar-refractivity contribution is 6.13. The fraction of sp³-hybridized carbons (Fsp3) is 0.0862. The summed E-state index contributed by atoms with van der Waals surface area (Å²) in [5.74, 6) is 0. The maximum atomic E-state index is 16.0. The van der Waals surface area contributed by atoms with Gasteiger partial charge in [-0.25, -0.2) is 4.98 Å². The van der Waals surface area contributed by atoms with Gasteiger partial charge in [0.15, 0.2) is 0 Å². The zero-order chi connectivity index (χ0) is 43.9. The fourth-order valence-corrected chi connectivity index (χ4v) is 9.81. The molecule has 0 amide bonds. The summed E-state index contributed by atoms with van der Waals surface area (Å²) < 4.78 is 52.2. The van der Waals surface area contributed by atoms with E-state index < -0.39 is 11.7 Å². The number of pyridine rings is 1. The summed E-state index contributed by atoms with van der Waals surface area (Å²) in [5.41, 5.74) is 14.0. The van der Waals surface area contributed by atoms with Gasteiger partial charge in [0.25, 0.3) is 0 Å². The number of fused-ring (bicyclic) bond motifs is 6. The van der Waals surface area contributed by atoms with Crippen LogP contribution in [0.25, 0.3) is 99.8 Å². The molecule has 0 radical (unpaired) electrons. The number of rotatable bonds is 6. The molecular weight excluding hydrogens is 796 g/mol. The number of nitrogens with zero attached hydrogens (tertiary/aromatic N) is 3. The third-order valence-electron chi connectivity index (χ3n) is 12.7. The average Bonchev–Trinajstić information content (AvgIpc) is 3.80. The highest BCUT2D eigenvalue weighted by Crippen LogP contribution is 2.46. The van der Waals surface area contributed by atoms with Crippen LogP contribution in [-0.2, 0) is 6.18 Å². The first kappa shape index (κ1) is 39.2. The van der Waals surface area contributed by atoms with Gasteiger partial charge >= 0.3 is 6.18 Å². The van der Waals surface area contributed by atoms with Crippen LogP contribution < -0.4 is 0 Å². The first-order chi connectivity index (χ1) is 31.0. The van der Waals surface area contributed by atoms with Gasteiger partial charge in [0.1, 0.15) is 0 Å². The number of hydrogen-bond acceptors (Lipinski definition) is 1. The monoisotopic (exact) mass is 837 g/mol. The summed E-state index contributed by atoms with van der Waals surface area (Å²) in [6.07, 6.45) is -4.73. The number of para-hydroxylation sites is 2. The van der Waals surface area contributed by atoms with E-state index in [-0.39, 0.29) is 11.3 Å². The Balaban J connectivity index is 1.29. The van der Waals surface area contributed by atoms with Crippen LogP contribution in [0.15, 0.2) is 182 Å². The van der Waals surface area contributed by atoms with Gasteiger partial charge in [-0.3, -0.25) is 0 Å². The van der Waals surface area contributed by atoms with Crippen LogP contribution in [0.5, 0.6) is 0 Å². The molecule has 3 aromatic heterocycles. The van der Waals surface area contributed by atoms with Crippen molar-refractivity contribution in [2.45, 2.75) is 33.9 Å². The van der Waals surface area contributed by atoms with Crippen LogP contribution in [0, 0.1) is 27.7 Å². The molecule has 0 atom stereocenters. The van der Waals surface area contributed by atoms with Gasteiger partial charge in [-0.05, 0) is 110 Å². The smallest absolute Gasteiger partial charge is 0.307 e. The number of aromatic nitrogens is 3. The molecule has 0 spiro atoms. The Hall–Kier alpha value is -7.70. The Kier molecular flexibility index (Phi) is 9.17. The highest BCUT2D eigenvalue weighted by Gasteiger charge is 2.36. The van der Waals surface area contributed by atoms with Gasteiger partial charge < -0.3 is 9.13 Å². The summed E-state index contributed by atoms with van der Waals surface area (Å²) in [6.45, 7) is 8.39. The molecule has 0 aliphatic rings. The maximum absolute atomic E-state index is 16.0. The van der Waals surface area contributed by atoms with Crippen molar-refractivity contribution >= 4 is 43.6 Å². The van der Waals surface area contributed by atoms with Crippen molar-refractivity contribution in [3.05, 3.63) is 210 Å². The third kappa shape index (κ3) is 6.48. The first-order valence-corrected chi connectivity index (χ1v) is 21.5. The second kappa shape index (κ2) is 15.0. The second-order valence-electron chi connectivity index (χ2n) is 17.0. The summed E-state index contributed by atoms with van der Waals surface area (Å²) in [5, 5.41) is 3.90. The molecule has 3 heterocycles. The van der Waals surface area contributed by atoms with E-state index in [1.54, 1.807) is 18.2 Å². The van der Waals surface area contributed by atoms with Crippen LogP contribution in [0.1, 0.15) is 27.8 Å². The van der Waals surface area contributed by atoms with Crippen molar-refractivity contribution < 1.29 is 13.2 Å². The first-order valence-electron chi connectivity index (χ1n) is 21.5. The molecule has 0 fully saturated rings. The predicted molar refractivity (Wildman–Crippen MR) is 259 cm³/mol. The van der Waals surface area contributed by atoms with Crippen LogP contribution in [0.2, 0.25) is 0 Å². The lowest BCUT2D eigenvalue weighted by Crippen LogP contribution is -2.12. The Morgan fingerprint density at radius 3 is 1.39 bits per heavy atom. The second-order valence-corrected chi connectivity index (χ2v) is 17.0. The maximum Gasteiger partial charge on any atom is 0.417 e. The number of aryl methyl sites for hydroxylation is 4. The molecule has 0 aliphatic carbocycles. The van der Waals surface area contributed by atoms with Crippen LogP contribution in [0.3, 0.4) is 0 Å². The Labute approximate surface area is 369 Å². The number of alkyl halides is 3. The van der Waals surface area contributed by atoms with Gasteiger partial charge in [-0.15, -0.1) is 0 Å². The van der Waals surface area contributed by atoms with E-state index in [4.69, 9.17) is 4.98 Å². The van der Waals surface area contributed by atoms with E-state index in [1.807, 2.05) is 71.3 Å². The summed E-state index contributed by atoms with van der Waals surface area (Å²) in [4.78, 5) is 4.94. The van der Waals surface area contributed by atoms with Crippen molar-refractivity contribution in [2.24, 2.45) is 0 Å². The number of hydrogen-bond donors (Lipinski definition) is 0. The van der Waals surface area contributed by atoms with Crippen LogP contribution in [-0.4, -0.2) is 14.1 Å². The third-order valence-corrected chi connectivity index (χ3v) is 12.7. The average molecular weight is 838 g/mol. The predicted octanol–water partition coefficient (Wildman–Crippen LogP) is 16.2. The lowest BCUT2D eigenvalue weighted by molar-refractivity contribution is -0.137. The topological polar surface area (TPSA) is 22.8 Å². The van der Waals surface area contributed by atoms with Gasteiger partial charge in [0.2, 0.25) is 0 Å². The summed E-state index contributed by atoms with van der Waals surface area (Å²) in [6, 6.07) is 59.8. The minimum absolute atomic E-state index is 0.00256. The van der Waals surface area contributed by atoms with Crippen LogP contribution in [0.4, 0.5) is 13.2 Å². The summed E-state index contributed by atoms with van der Waals surface area (Å²) in [7, 11) is 0. The molecule has 11 rings (SSSR count). The molecule has 310 valence electrons. The van der Waals surface area contributed by atoms with Crippen molar-refractivity contribution in [3.63, 3.8) is 0 Å². The van der Waals surface area contributed by atoms with Crippen LogP contribution >= 0.6 is 0 Å². The molecule has 64 heavy (non-hydrogen) atoms. The highest BCUT2D eigenvalue weighted by atomic mass is 19.4. The SMILES string of the molecule is Cc1ccc(-c2ccc3c4ccccc4n(-c4cc(-c5cccc(-c6ccccc6)n5)c(C(F)(F)F)cc4-n4c5ccccc5c5ccc(-c6ccc(C)cc6C)cc54)c3c2)c(C)c1. The molecule has 0 aliphatic heterocycles. The molecule has 0 saturated carbocycles. The molecule has 0 N–H and O–H groups in total. The van der Waals surface area contributed by atoms with E-state index in [0.29, 0.717) is 17.1 Å². The minimum Gasteiger partial charge on any atom is -0.307 e. The lowest BCUT2D eigenvalue weighted by Gasteiger charge is -2.22. The molecule has 3 nitrogen and oxygen atoms in total. The standard InChI is InChI=1S/C58H42F3N3/c1-35-21-25-42(37(3)29-35)40-23-27-46-44-15-8-10-19-52(44)63(54(46)31-40)56-33-48(51-18-12-17-50(62-51)39-13-6-5-7-14-39)49(58(59,60)61)34-57(56)64-53-20-11-9-16-45(53)47-28-24-41(32-55(47)64)43-26-22-36(2)30-38(43)4/h5-34H,1-4H3. The van der Waals surface area contributed by atoms with Crippen molar-refractivity contribution in [3.8, 4) is 56.1 Å². The Morgan fingerprint density at radius 2 is 0.859 bits per heavy atom. The van der Waals surface area contributed by atoms with E-state index >= 15 is 13.2 Å². The number of benzene rings is 8. The van der Waals surface area contributed by atoms with E-state index in [1.165, 1.54) is 11.6 Å². The molecular formula is C58H42F3N3. The molecule has 6 heteroatoms. The van der Waals surface area contributed by atoms with E-state index in [0.717, 1.165) is 88.1 Å². The number of halogens is 3. The molecule has 8 aromatic carbocycles. The normalized spacial score (nSPS) is 12.0. The molecule has 0 saturated heterocycles. The molecule has 11 aromatic rings. The summed E-state index contributed by atoms with van der Waals surface area (Å²) >= 11 is 0. The molecule has 0 unspecified atom stereocenters. The van der Waals surface area contributed by atoms with Gasteiger partial charge in [-0.2, -0.15) is 13.2 Å². The lowest BCUT2D eigenvalue weighted by atomic mass is 9.97. The van der Waals surface area contributed by atoms with E-state index in [2.05, 4.69) is 123 Å². The quantitative estimate of drug-likeness (QED) is 0.164. The molecule has 0 bridgehead atoms. The Morgan fingerprint density at radius 1 is 0.375 bits per heavy atom. The van der Waals surface area contributed by atoms with Crippen molar-refractivity contribution in [2.75, 3.05) is 0 Å². The van der Waals surface area contributed by atoms with Crippen molar-refractivity contribution in [1.29, 1.82) is 0 Å². The van der Waals surface area contributed by atoms with Gasteiger partial charge in [-0.1, -0.05) is 145 Å². The largest absolute Gasteiger partial charge is 0.417 e. The zero-order valence-electron chi connectivity index (χ0n) is 35.8. The minimum atomic E-state index is -4.73. The van der Waals surface area contributed by atoms with Gasteiger partial charge in [0, 0.05) is 32.7 Å². The fourth-order valence-electron chi connectivity index (χ4n) is 9.81. The van der Waals surface area contributed by atoms with Crippen molar-refractivity contribution in [1.82, 2.24) is 14.1 Å². The van der Waals surface area contributed by atoms with Gasteiger partial charge in [0.05, 0.1) is 50.4 Å². The Bertz CT molecular complexity index is 3650. The zero-order valence-corrected chi connectivity index (χ0v) is 35.8. The van der Waals surface area contributed by atoms with E-state index in [9.17, 15) is 0 Å².